The lowest BCUT2D eigenvalue weighted by Crippen LogP contribution is -2.69. The van der Waals surface area contributed by atoms with Gasteiger partial charge in [0, 0.05) is 55.8 Å². The molecule has 27 heavy (non-hydrogen) atoms. The van der Waals surface area contributed by atoms with E-state index >= 15 is 0 Å². The van der Waals surface area contributed by atoms with Crippen molar-refractivity contribution < 1.29 is 28.8 Å². The van der Waals surface area contributed by atoms with E-state index in [0.717, 1.165) is 6.42 Å². The van der Waals surface area contributed by atoms with Crippen LogP contribution in [0.2, 0.25) is 0 Å². The first-order valence-electron chi connectivity index (χ1n) is 9.50. The number of fused-ring (bicyclic) bond motifs is 4. The Kier molecular flexibility index (Phi) is 4.14. The molecule has 3 saturated heterocycles. The SMILES string of the molecule is O=C(Nc1ccc2c(c1)OCO2)N1C[C@H]2COCC[C@@]2(O)[C@@H]2COCC[C@@H]21. The highest BCUT2D eigenvalue weighted by Crippen LogP contribution is 2.44. The molecule has 0 aromatic heterocycles. The number of nitrogens with one attached hydrogen (secondary N) is 1. The van der Waals surface area contributed by atoms with Gasteiger partial charge in [-0.3, -0.25) is 0 Å². The van der Waals surface area contributed by atoms with Gasteiger partial charge in [-0.2, -0.15) is 0 Å². The minimum atomic E-state index is -0.821. The van der Waals surface area contributed by atoms with Crippen molar-refractivity contribution in [3.8, 4) is 11.5 Å². The van der Waals surface area contributed by atoms with Crippen LogP contribution in [0.4, 0.5) is 10.5 Å². The summed E-state index contributed by atoms with van der Waals surface area (Å²) in [6.07, 6.45) is 1.33. The molecule has 4 aliphatic rings. The third-order valence-corrected chi connectivity index (χ3v) is 6.34. The molecule has 2 N–H and O–H groups in total. The number of carbonyl (C=O) groups excluding carboxylic acids is 1. The molecular formula is C19H24N2O6. The smallest absolute Gasteiger partial charge is 0.322 e. The number of carbonyl (C=O) groups is 1. The Morgan fingerprint density at radius 2 is 2.04 bits per heavy atom. The Morgan fingerprint density at radius 3 is 2.96 bits per heavy atom. The molecule has 4 aliphatic heterocycles. The second kappa shape index (κ2) is 6.54. The van der Waals surface area contributed by atoms with Gasteiger partial charge in [-0.15, -0.1) is 0 Å². The van der Waals surface area contributed by atoms with Gasteiger partial charge >= 0.3 is 6.03 Å². The summed E-state index contributed by atoms with van der Waals surface area (Å²) in [4.78, 5) is 14.9. The molecule has 8 heteroatoms. The maximum atomic E-state index is 13.1. The number of amides is 2. The predicted octanol–water partition coefficient (Wildman–Crippen LogP) is 1.44. The van der Waals surface area contributed by atoms with Crippen LogP contribution in [0.3, 0.4) is 0 Å². The van der Waals surface area contributed by atoms with Crippen molar-refractivity contribution in [1.82, 2.24) is 4.90 Å². The fourth-order valence-electron chi connectivity index (χ4n) is 4.86. The van der Waals surface area contributed by atoms with Crippen LogP contribution in [-0.4, -0.2) is 67.4 Å². The lowest BCUT2D eigenvalue weighted by molar-refractivity contribution is -0.211. The molecule has 1 aromatic carbocycles. The number of ether oxygens (including phenoxy) is 4. The van der Waals surface area contributed by atoms with E-state index in [0.29, 0.717) is 56.6 Å². The van der Waals surface area contributed by atoms with E-state index in [1.165, 1.54) is 0 Å². The van der Waals surface area contributed by atoms with Crippen LogP contribution in [-0.2, 0) is 9.47 Å². The Hall–Kier alpha value is -2.03. The molecule has 0 unspecified atom stereocenters. The number of likely N-dealkylation sites (tertiary alicyclic amines) is 1. The predicted molar refractivity (Wildman–Crippen MR) is 94.9 cm³/mol. The van der Waals surface area contributed by atoms with Crippen molar-refractivity contribution in [3.05, 3.63) is 18.2 Å². The van der Waals surface area contributed by atoms with Crippen LogP contribution in [0.1, 0.15) is 12.8 Å². The zero-order chi connectivity index (χ0) is 18.4. The summed E-state index contributed by atoms with van der Waals surface area (Å²) in [5.74, 6) is 1.12. The quantitative estimate of drug-likeness (QED) is 0.771. The Balaban J connectivity index is 1.37. The van der Waals surface area contributed by atoms with E-state index < -0.39 is 5.60 Å². The summed E-state index contributed by atoms with van der Waals surface area (Å²) in [6, 6.07) is 5.16. The normalized spacial score (nSPS) is 34.6. The first kappa shape index (κ1) is 17.1. The third-order valence-electron chi connectivity index (χ3n) is 6.34. The van der Waals surface area contributed by atoms with Crippen LogP contribution >= 0.6 is 0 Å². The lowest BCUT2D eigenvalue weighted by Gasteiger charge is -2.56. The minimum absolute atomic E-state index is 0.0351. The Morgan fingerprint density at radius 1 is 1.19 bits per heavy atom. The van der Waals surface area contributed by atoms with E-state index in [9.17, 15) is 9.90 Å². The molecule has 0 radical (unpaired) electrons. The number of hydrogen-bond acceptors (Lipinski definition) is 6. The van der Waals surface area contributed by atoms with Gasteiger partial charge in [-0.1, -0.05) is 0 Å². The lowest BCUT2D eigenvalue weighted by atomic mass is 9.66. The van der Waals surface area contributed by atoms with Gasteiger partial charge in [0.05, 0.1) is 18.8 Å². The molecule has 4 heterocycles. The van der Waals surface area contributed by atoms with Crippen LogP contribution in [0, 0.1) is 11.8 Å². The van der Waals surface area contributed by atoms with Gasteiger partial charge in [-0.05, 0) is 18.6 Å². The molecule has 2 amide bonds. The summed E-state index contributed by atoms with van der Waals surface area (Å²) in [6.45, 7) is 2.78. The fraction of sp³-hybridized carbons (Fsp3) is 0.632. The van der Waals surface area contributed by atoms with Crippen molar-refractivity contribution in [1.29, 1.82) is 0 Å². The third kappa shape index (κ3) is 2.83. The highest BCUT2D eigenvalue weighted by molar-refractivity contribution is 5.90. The number of benzene rings is 1. The molecule has 1 aromatic rings. The van der Waals surface area contributed by atoms with Crippen molar-refractivity contribution in [3.63, 3.8) is 0 Å². The first-order chi connectivity index (χ1) is 13.1. The van der Waals surface area contributed by atoms with Crippen molar-refractivity contribution in [2.75, 3.05) is 45.1 Å². The molecule has 0 spiro atoms. The summed E-state index contributed by atoms with van der Waals surface area (Å²) >= 11 is 0. The second-order valence-corrected chi connectivity index (χ2v) is 7.70. The van der Waals surface area contributed by atoms with Gasteiger partial charge in [0.2, 0.25) is 6.79 Å². The molecular weight excluding hydrogens is 352 g/mol. The van der Waals surface area contributed by atoms with Crippen LogP contribution in [0.25, 0.3) is 0 Å². The number of aliphatic hydroxyl groups is 1. The Bertz CT molecular complexity index is 743. The highest BCUT2D eigenvalue weighted by Gasteiger charge is 2.56. The Labute approximate surface area is 157 Å². The van der Waals surface area contributed by atoms with Gasteiger partial charge in [0.1, 0.15) is 0 Å². The number of hydrogen-bond donors (Lipinski definition) is 2. The molecule has 0 bridgehead atoms. The van der Waals surface area contributed by atoms with E-state index in [4.69, 9.17) is 18.9 Å². The zero-order valence-electron chi connectivity index (χ0n) is 15.1. The summed E-state index contributed by atoms with van der Waals surface area (Å²) < 4.78 is 21.9. The number of urea groups is 1. The van der Waals surface area contributed by atoms with E-state index in [-0.39, 0.29) is 30.7 Å². The molecule has 0 aliphatic carbocycles. The number of rotatable bonds is 1. The first-order valence-corrected chi connectivity index (χ1v) is 9.50. The van der Waals surface area contributed by atoms with Crippen molar-refractivity contribution >= 4 is 11.7 Å². The number of nitrogens with zero attached hydrogens (tertiary/aromatic N) is 1. The standard InChI is InChI=1S/C19H24N2O6/c22-18(20-13-1-2-16-17(7-13)27-11-26-16)21-8-12-9-25-6-4-19(12,23)14-10-24-5-3-15(14)21/h1-2,7,12,14-15,23H,3-6,8-11H2,(H,20,22)/t12-,14+,15-,19-/m0/s1. The number of anilines is 1. The molecule has 3 fully saturated rings. The molecule has 8 nitrogen and oxygen atoms in total. The molecule has 0 saturated carbocycles. The molecule has 5 rings (SSSR count). The van der Waals surface area contributed by atoms with Crippen molar-refractivity contribution in [2.45, 2.75) is 24.5 Å². The van der Waals surface area contributed by atoms with Gasteiger partial charge in [0.15, 0.2) is 11.5 Å². The fourth-order valence-corrected chi connectivity index (χ4v) is 4.86. The maximum absolute atomic E-state index is 13.1. The van der Waals surface area contributed by atoms with Crippen LogP contribution in [0.5, 0.6) is 11.5 Å². The van der Waals surface area contributed by atoms with Gasteiger partial charge in [-0.25, -0.2) is 4.79 Å². The summed E-state index contributed by atoms with van der Waals surface area (Å²) in [5.41, 5.74) is -0.160. The topological polar surface area (TPSA) is 89.5 Å². The maximum Gasteiger partial charge on any atom is 0.322 e. The number of piperidine rings is 1. The largest absolute Gasteiger partial charge is 0.454 e. The monoisotopic (exact) mass is 376 g/mol. The van der Waals surface area contributed by atoms with Crippen LogP contribution < -0.4 is 14.8 Å². The highest BCUT2D eigenvalue weighted by atomic mass is 16.7. The average molecular weight is 376 g/mol. The van der Waals surface area contributed by atoms with E-state index in [1.807, 2.05) is 4.90 Å². The van der Waals surface area contributed by atoms with Gasteiger partial charge in [0.25, 0.3) is 0 Å². The summed E-state index contributed by atoms with van der Waals surface area (Å²) in [7, 11) is 0. The van der Waals surface area contributed by atoms with E-state index in [2.05, 4.69) is 5.32 Å². The second-order valence-electron chi connectivity index (χ2n) is 7.70. The average Bonchev–Trinajstić information content (AvgIpc) is 3.15. The van der Waals surface area contributed by atoms with Crippen LogP contribution in [0.15, 0.2) is 18.2 Å². The minimum Gasteiger partial charge on any atom is -0.454 e. The molecule has 146 valence electrons. The molecule has 4 atom stereocenters. The van der Waals surface area contributed by atoms with Gasteiger partial charge < -0.3 is 34.3 Å². The summed E-state index contributed by atoms with van der Waals surface area (Å²) in [5, 5.41) is 14.3. The van der Waals surface area contributed by atoms with E-state index in [1.54, 1.807) is 18.2 Å². The zero-order valence-corrected chi connectivity index (χ0v) is 15.1. The van der Waals surface area contributed by atoms with Crippen molar-refractivity contribution in [2.24, 2.45) is 11.8 Å².